The van der Waals surface area contributed by atoms with Crippen molar-refractivity contribution in [3.05, 3.63) is 11.9 Å². The van der Waals surface area contributed by atoms with Gasteiger partial charge in [-0.1, -0.05) is 0 Å². The van der Waals surface area contributed by atoms with Gasteiger partial charge in [-0.2, -0.15) is 23.5 Å². The van der Waals surface area contributed by atoms with E-state index in [2.05, 4.69) is 5.10 Å². The predicted octanol–water partition coefficient (Wildman–Crippen LogP) is 1.40. The topological polar surface area (TPSA) is 67.6 Å². The summed E-state index contributed by atoms with van der Waals surface area (Å²) in [6.45, 7) is -0.109. The van der Waals surface area contributed by atoms with E-state index < -0.39 is 17.6 Å². The molecule has 76 valence electrons. The summed E-state index contributed by atoms with van der Waals surface area (Å²) in [6, 6.07) is 1.74. The van der Waals surface area contributed by atoms with Gasteiger partial charge in [0, 0.05) is 0 Å². The number of rotatable bonds is 2. The second-order valence-corrected chi connectivity index (χ2v) is 2.58. The quantitative estimate of drug-likeness (QED) is 0.791. The fourth-order valence-electron chi connectivity index (χ4n) is 1.04. The van der Waals surface area contributed by atoms with E-state index in [1.54, 1.807) is 6.07 Å². The number of nitriles is 1. The van der Waals surface area contributed by atoms with Crippen molar-refractivity contribution in [1.29, 1.82) is 5.26 Å². The van der Waals surface area contributed by atoms with E-state index in [1.807, 2.05) is 0 Å². The molecule has 0 saturated heterocycles. The number of aromatic nitrogens is 2. The first-order chi connectivity index (χ1) is 6.46. The van der Waals surface area contributed by atoms with Crippen molar-refractivity contribution in [3.63, 3.8) is 0 Å². The molecule has 7 heteroatoms. The number of nitrogen functional groups attached to an aromatic ring is 1. The number of nitrogens with two attached hydrogens (primary N) is 1. The monoisotopic (exact) mass is 204 g/mol. The zero-order valence-corrected chi connectivity index (χ0v) is 7.04. The second kappa shape index (κ2) is 3.57. The van der Waals surface area contributed by atoms with Crippen molar-refractivity contribution in [2.24, 2.45) is 0 Å². The van der Waals surface area contributed by atoms with Gasteiger partial charge in [0.25, 0.3) is 0 Å². The molecule has 2 N–H and O–H groups in total. The molecule has 1 aromatic heterocycles. The molecule has 0 bridgehead atoms. The Balaban J connectivity index is 3.02. The van der Waals surface area contributed by atoms with E-state index in [9.17, 15) is 13.2 Å². The molecule has 0 fully saturated rings. The van der Waals surface area contributed by atoms with Crippen LogP contribution in [-0.4, -0.2) is 9.78 Å². The maximum atomic E-state index is 12.3. The molecule has 0 amide bonds. The van der Waals surface area contributed by atoms with E-state index in [0.29, 0.717) is 4.68 Å². The van der Waals surface area contributed by atoms with Crippen LogP contribution < -0.4 is 5.73 Å². The molecule has 1 rings (SSSR count). The van der Waals surface area contributed by atoms with Crippen LogP contribution in [0, 0.1) is 11.3 Å². The Bertz CT molecular complexity index is 360. The lowest BCUT2D eigenvalue weighted by Crippen LogP contribution is -2.16. The van der Waals surface area contributed by atoms with Crippen molar-refractivity contribution < 1.29 is 13.2 Å². The van der Waals surface area contributed by atoms with Gasteiger partial charge in [-0.3, -0.25) is 4.68 Å². The lowest BCUT2D eigenvalue weighted by Gasteiger charge is -2.09. The third-order valence-corrected chi connectivity index (χ3v) is 1.57. The summed E-state index contributed by atoms with van der Waals surface area (Å²) in [5.41, 5.74) is 3.70. The van der Waals surface area contributed by atoms with E-state index >= 15 is 0 Å². The van der Waals surface area contributed by atoms with Crippen LogP contribution in [0.2, 0.25) is 0 Å². The van der Waals surface area contributed by atoms with Crippen molar-refractivity contribution in [2.45, 2.75) is 19.1 Å². The first-order valence-corrected chi connectivity index (χ1v) is 3.72. The smallest absolute Gasteiger partial charge is 0.396 e. The maximum Gasteiger partial charge on any atom is 0.435 e. The van der Waals surface area contributed by atoms with Crippen LogP contribution >= 0.6 is 0 Å². The molecule has 0 spiro atoms. The zero-order valence-electron chi connectivity index (χ0n) is 7.04. The molecule has 0 radical (unpaired) electrons. The first kappa shape index (κ1) is 10.4. The Morgan fingerprint density at radius 2 is 2.21 bits per heavy atom. The van der Waals surface area contributed by atoms with Crippen LogP contribution in [0.4, 0.5) is 18.9 Å². The molecular formula is C7H7F3N4. The molecule has 4 nitrogen and oxygen atoms in total. The fraction of sp³-hybridized carbons (Fsp3) is 0.429. The van der Waals surface area contributed by atoms with Gasteiger partial charge in [0.15, 0.2) is 5.69 Å². The molecule has 1 heterocycles. The minimum atomic E-state index is -4.53. The minimum Gasteiger partial charge on any atom is -0.396 e. The highest BCUT2D eigenvalue weighted by atomic mass is 19.4. The van der Waals surface area contributed by atoms with E-state index in [0.717, 1.165) is 6.20 Å². The standard InChI is InChI=1S/C7H7F3N4/c8-7(9,10)6-5(12)4-13-14(6)3-1-2-11/h4H,1,3,12H2. The Morgan fingerprint density at radius 3 is 2.71 bits per heavy atom. The predicted molar refractivity (Wildman–Crippen MR) is 41.9 cm³/mol. The van der Waals surface area contributed by atoms with Gasteiger partial charge in [-0.15, -0.1) is 0 Å². The number of hydrogen-bond acceptors (Lipinski definition) is 3. The van der Waals surface area contributed by atoms with Crippen LogP contribution in [0.1, 0.15) is 12.1 Å². The molecule has 0 unspecified atom stereocenters. The average Bonchev–Trinajstić information content (AvgIpc) is 2.42. The third-order valence-electron chi connectivity index (χ3n) is 1.57. The second-order valence-electron chi connectivity index (χ2n) is 2.58. The molecule has 0 aliphatic heterocycles. The molecule has 0 aromatic carbocycles. The number of hydrogen-bond donors (Lipinski definition) is 1. The number of alkyl halides is 3. The van der Waals surface area contributed by atoms with Crippen LogP contribution in [0.25, 0.3) is 0 Å². The normalized spacial score (nSPS) is 11.3. The summed E-state index contributed by atoms with van der Waals surface area (Å²) in [5, 5.41) is 11.7. The van der Waals surface area contributed by atoms with Gasteiger partial charge in [-0.25, -0.2) is 0 Å². The maximum absolute atomic E-state index is 12.3. The van der Waals surface area contributed by atoms with Crippen molar-refractivity contribution >= 4 is 5.69 Å². The van der Waals surface area contributed by atoms with E-state index in [1.165, 1.54) is 0 Å². The molecule has 0 aliphatic rings. The van der Waals surface area contributed by atoms with Gasteiger partial charge in [-0.05, 0) is 0 Å². The zero-order chi connectivity index (χ0) is 10.8. The van der Waals surface area contributed by atoms with E-state index in [-0.39, 0.29) is 13.0 Å². The Morgan fingerprint density at radius 1 is 1.57 bits per heavy atom. The van der Waals surface area contributed by atoms with Crippen LogP contribution in [-0.2, 0) is 12.7 Å². The van der Waals surface area contributed by atoms with Crippen LogP contribution in [0.3, 0.4) is 0 Å². The number of aryl methyl sites for hydroxylation is 1. The third kappa shape index (κ3) is 1.96. The highest BCUT2D eigenvalue weighted by molar-refractivity contribution is 5.42. The highest BCUT2D eigenvalue weighted by Gasteiger charge is 2.37. The van der Waals surface area contributed by atoms with Crippen LogP contribution in [0.5, 0.6) is 0 Å². The fourth-order valence-corrected chi connectivity index (χ4v) is 1.04. The number of nitrogens with zero attached hydrogens (tertiary/aromatic N) is 3. The van der Waals surface area contributed by atoms with Crippen molar-refractivity contribution in [3.8, 4) is 6.07 Å². The van der Waals surface area contributed by atoms with Gasteiger partial charge < -0.3 is 5.73 Å². The van der Waals surface area contributed by atoms with Gasteiger partial charge in [0.05, 0.1) is 30.9 Å². The largest absolute Gasteiger partial charge is 0.435 e. The number of anilines is 1. The van der Waals surface area contributed by atoms with Crippen molar-refractivity contribution in [2.75, 3.05) is 5.73 Å². The molecule has 1 aromatic rings. The van der Waals surface area contributed by atoms with Crippen molar-refractivity contribution in [1.82, 2.24) is 9.78 Å². The average molecular weight is 204 g/mol. The van der Waals surface area contributed by atoms with Gasteiger partial charge >= 0.3 is 6.18 Å². The summed E-state index contributed by atoms with van der Waals surface area (Å²) in [4.78, 5) is 0. The number of halogens is 3. The molecule has 0 atom stereocenters. The minimum absolute atomic E-state index is 0.0375. The summed E-state index contributed by atoms with van der Waals surface area (Å²) >= 11 is 0. The summed E-state index contributed by atoms with van der Waals surface area (Å²) < 4.78 is 37.7. The Kier molecular flexibility index (Phi) is 2.65. The van der Waals surface area contributed by atoms with Crippen LogP contribution in [0.15, 0.2) is 6.20 Å². The van der Waals surface area contributed by atoms with E-state index in [4.69, 9.17) is 11.0 Å². The van der Waals surface area contributed by atoms with Gasteiger partial charge in [0.2, 0.25) is 0 Å². The highest BCUT2D eigenvalue weighted by Crippen LogP contribution is 2.33. The van der Waals surface area contributed by atoms with Gasteiger partial charge in [0.1, 0.15) is 0 Å². The molecule has 14 heavy (non-hydrogen) atoms. The Hall–Kier alpha value is -1.71. The summed E-state index contributed by atoms with van der Waals surface area (Å²) in [5.74, 6) is 0. The summed E-state index contributed by atoms with van der Waals surface area (Å²) in [7, 11) is 0. The Labute approximate surface area is 77.7 Å². The summed E-state index contributed by atoms with van der Waals surface area (Å²) in [6.07, 6.45) is -3.64. The molecule has 0 aliphatic carbocycles. The lowest BCUT2D eigenvalue weighted by atomic mass is 10.3. The lowest BCUT2D eigenvalue weighted by molar-refractivity contribution is -0.143. The SMILES string of the molecule is N#CCCn1ncc(N)c1C(F)(F)F. The molecule has 0 saturated carbocycles. The molecular weight excluding hydrogens is 197 g/mol. The first-order valence-electron chi connectivity index (χ1n) is 3.72.